The van der Waals surface area contributed by atoms with Crippen molar-refractivity contribution in [3.63, 3.8) is 0 Å². The minimum Gasteiger partial charge on any atom is -0.478 e. The van der Waals surface area contributed by atoms with E-state index in [0.717, 1.165) is 0 Å². The topological polar surface area (TPSA) is 83.8 Å². The summed E-state index contributed by atoms with van der Waals surface area (Å²) in [6, 6.07) is 5.29. The molecule has 0 aromatic heterocycles. The maximum absolute atomic E-state index is 11.7. The Morgan fingerprint density at radius 3 is 2.17 bits per heavy atom. The molecule has 5 nitrogen and oxygen atoms in total. The Bertz CT molecular complexity index is 454. The van der Waals surface area contributed by atoms with Crippen LogP contribution in [0.2, 0.25) is 5.02 Å². The van der Waals surface area contributed by atoms with Crippen molar-refractivity contribution in [3.05, 3.63) is 34.9 Å². The van der Waals surface area contributed by atoms with Crippen LogP contribution >= 0.6 is 11.6 Å². The molecule has 0 aliphatic heterocycles. The Hall–Kier alpha value is -1.59. The predicted octanol–water partition coefficient (Wildman–Crippen LogP) is 1.56. The highest BCUT2D eigenvalue weighted by Gasteiger charge is 2.48. The van der Waals surface area contributed by atoms with Crippen molar-refractivity contribution in [2.24, 2.45) is 0 Å². The van der Waals surface area contributed by atoms with Gasteiger partial charge in [0, 0.05) is 10.6 Å². The second kappa shape index (κ2) is 5.37. The molecule has 1 aromatic rings. The van der Waals surface area contributed by atoms with Gasteiger partial charge in [0.1, 0.15) is 0 Å². The maximum atomic E-state index is 11.7. The molecule has 0 aliphatic rings. The summed E-state index contributed by atoms with van der Waals surface area (Å²) >= 11 is 5.66. The third kappa shape index (κ3) is 2.80. The molecule has 0 aliphatic carbocycles. The summed E-state index contributed by atoms with van der Waals surface area (Å²) < 4.78 is 4.76. The van der Waals surface area contributed by atoms with Gasteiger partial charge in [0.2, 0.25) is 0 Å². The van der Waals surface area contributed by atoms with E-state index in [9.17, 15) is 14.7 Å². The molecule has 18 heavy (non-hydrogen) atoms. The van der Waals surface area contributed by atoms with Crippen LogP contribution in [-0.4, -0.2) is 28.3 Å². The van der Waals surface area contributed by atoms with Crippen LogP contribution in [0.4, 0.5) is 0 Å². The van der Waals surface area contributed by atoms with Crippen LogP contribution in [-0.2, 0) is 19.9 Å². The fraction of sp³-hybridized carbons (Fsp3) is 0.333. The quantitative estimate of drug-likeness (QED) is 0.642. The van der Waals surface area contributed by atoms with Crippen molar-refractivity contribution in [1.82, 2.24) is 0 Å². The molecule has 0 saturated carbocycles. The lowest BCUT2D eigenvalue weighted by Gasteiger charge is -2.23. The van der Waals surface area contributed by atoms with E-state index in [1.165, 1.54) is 24.3 Å². The van der Waals surface area contributed by atoms with Gasteiger partial charge in [0.15, 0.2) is 0 Å². The van der Waals surface area contributed by atoms with Crippen LogP contribution in [0.1, 0.15) is 19.4 Å². The van der Waals surface area contributed by atoms with Crippen molar-refractivity contribution in [3.8, 4) is 0 Å². The fourth-order valence-corrected chi connectivity index (χ4v) is 1.45. The number of halogens is 1. The third-order valence-electron chi connectivity index (χ3n) is 2.21. The van der Waals surface area contributed by atoms with Gasteiger partial charge in [-0.25, -0.2) is 9.59 Å². The second-order valence-corrected chi connectivity index (χ2v) is 4.41. The molecule has 1 aromatic carbocycles. The Morgan fingerprint density at radius 1 is 1.28 bits per heavy atom. The number of benzene rings is 1. The van der Waals surface area contributed by atoms with Crippen molar-refractivity contribution in [2.75, 3.05) is 0 Å². The molecule has 98 valence electrons. The maximum Gasteiger partial charge on any atom is 0.355 e. The van der Waals surface area contributed by atoms with Crippen LogP contribution in [0, 0.1) is 0 Å². The predicted molar refractivity (Wildman–Crippen MR) is 64.2 cm³/mol. The zero-order valence-corrected chi connectivity index (χ0v) is 10.6. The summed E-state index contributed by atoms with van der Waals surface area (Å²) in [5, 5.41) is 19.5. The highest BCUT2D eigenvalue weighted by molar-refractivity contribution is 6.30. The van der Waals surface area contributed by atoms with E-state index in [4.69, 9.17) is 21.4 Å². The molecular weight excluding hydrogens is 260 g/mol. The molecule has 1 unspecified atom stereocenters. The first-order valence-electron chi connectivity index (χ1n) is 5.21. The van der Waals surface area contributed by atoms with E-state index in [-0.39, 0.29) is 5.56 Å². The van der Waals surface area contributed by atoms with E-state index in [1.54, 1.807) is 13.8 Å². The molecule has 0 saturated heterocycles. The van der Waals surface area contributed by atoms with Crippen LogP contribution in [0.5, 0.6) is 0 Å². The number of carbonyl (C=O) groups excluding carboxylic acids is 1. The summed E-state index contributed by atoms with van der Waals surface area (Å²) in [4.78, 5) is 22.9. The number of esters is 1. The zero-order chi connectivity index (χ0) is 13.9. The molecule has 0 heterocycles. The number of hydrogen-bond donors (Lipinski definition) is 2. The van der Waals surface area contributed by atoms with Gasteiger partial charge < -0.3 is 14.9 Å². The van der Waals surface area contributed by atoms with Gasteiger partial charge in [0.25, 0.3) is 5.60 Å². The van der Waals surface area contributed by atoms with Crippen LogP contribution in [0.3, 0.4) is 0 Å². The van der Waals surface area contributed by atoms with Crippen LogP contribution in [0.25, 0.3) is 0 Å². The number of ether oxygens (including phenoxy) is 1. The normalized spacial score (nSPS) is 14.1. The van der Waals surface area contributed by atoms with Crippen molar-refractivity contribution < 1.29 is 24.5 Å². The van der Waals surface area contributed by atoms with E-state index in [1.807, 2.05) is 0 Å². The highest BCUT2D eigenvalue weighted by Crippen LogP contribution is 2.25. The number of hydrogen-bond acceptors (Lipinski definition) is 4. The third-order valence-corrected chi connectivity index (χ3v) is 2.46. The van der Waals surface area contributed by atoms with E-state index < -0.39 is 23.6 Å². The minimum atomic E-state index is -2.73. The number of carboxylic acids is 1. The summed E-state index contributed by atoms with van der Waals surface area (Å²) in [5.74, 6) is -2.93. The lowest BCUT2D eigenvalue weighted by atomic mass is 9.94. The Balaban J connectivity index is 3.19. The first-order chi connectivity index (χ1) is 8.28. The number of carbonyl (C=O) groups is 2. The standard InChI is InChI=1S/C12H13ClO5/c1-7(2)18-11(16)12(17,10(14)15)8-3-5-9(13)6-4-8/h3-7,17H,1-2H3,(H,14,15). The van der Waals surface area contributed by atoms with Crippen LogP contribution < -0.4 is 0 Å². The fourth-order valence-electron chi connectivity index (χ4n) is 1.32. The second-order valence-electron chi connectivity index (χ2n) is 3.98. The molecule has 2 N–H and O–H groups in total. The van der Waals surface area contributed by atoms with Crippen molar-refractivity contribution >= 4 is 23.5 Å². The van der Waals surface area contributed by atoms with Gasteiger partial charge in [-0.1, -0.05) is 23.7 Å². The van der Waals surface area contributed by atoms with Gasteiger partial charge in [-0.15, -0.1) is 0 Å². The lowest BCUT2D eigenvalue weighted by molar-refractivity contribution is -0.184. The van der Waals surface area contributed by atoms with Crippen molar-refractivity contribution in [2.45, 2.75) is 25.6 Å². The molecule has 1 rings (SSSR count). The lowest BCUT2D eigenvalue weighted by Crippen LogP contribution is -2.45. The molecule has 0 radical (unpaired) electrons. The smallest absolute Gasteiger partial charge is 0.355 e. The minimum absolute atomic E-state index is 0.106. The summed E-state index contributed by atoms with van der Waals surface area (Å²) in [5.41, 5.74) is -2.83. The first kappa shape index (κ1) is 14.5. The van der Waals surface area contributed by atoms with E-state index in [2.05, 4.69) is 0 Å². The van der Waals surface area contributed by atoms with Gasteiger partial charge in [-0.2, -0.15) is 0 Å². The molecule has 0 amide bonds. The highest BCUT2D eigenvalue weighted by atomic mass is 35.5. The molecule has 0 bridgehead atoms. The number of aliphatic carboxylic acids is 1. The van der Waals surface area contributed by atoms with Crippen LogP contribution in [0.15, 0.2) is 24.3 Å². The summed E-state index contributed by atoms with van der Waals surface area (Å²) in [7, 11) is 0. The summed E-state index contributed by atoms with van der Waals surface area (Å²) in [6.07, 6.45) is -0.532. The molecule has 6 heteroatoms. The Kier molecular flexibility index (Phi) is 4.32. The molecular formula is C12H13ClO5. The SMILES string of the molecule is CC(C)OC(=O)C(O)(C(=O)O)c1ccc(Cl)cc1. The van der Waals surface area contributed by atoms with Gasteiger partial charge in [-0.3, -0.25) is 0 Å². The number of carboxylic acid groups (broad SMARTS) is 1. The van der Waals surface area contributed by atoms with Gasteiger partial charge >= 0.3 is 11.9 Å². The van der Waals surface area contributed by atoms with E-state index >= 15 is 0 Å². The largest absolute Gasteiger partial charge is 0.478 e. The van der Waals surface area contributed by atoms with E-state index in [0.29, 0.717) is 5.02 Å². The van der Waals surface area contributed by atoms with Crippen molar-refractivity contribution in [1.29, 1.82) is 0 Å². The molecule has 0 spiro atoms. The Labute approximate surface area is 109 Å². The van der Waals surface area contributed by atoms with Gasteiger partial charge in [0.05, 0.1) is 6.10 Å². The molecule has 0 fully saturated rings. The average molecular weight is 273 g/mol. The average Bonchev–Trinajstić information content (AvgIpc) is 2.27. The van der Waals surface area contributed by atoms with Gasteiger partial charge in [-0.05, 0) is 26.0 Å². The number of rotatable bonds is 4. The zero-order valence-electron chi connectivity index (χ0n) is 9.88. The monoisotopic (exact) mass is 272 g/mol. The first-order valence-corrected chi connectivity index (χ1v) is 5.59. The Morgan fingerprint density at radius 2 is 1.78 bits per heavy atom. The summed E-state index contributed by atoms with van der Waals surface area (Å²) in [6.45, 7) is 3.12. The number of aliphatic hydroxyl groups is 1. The molecule has 1 atom stereocenters.